The molecule has 4 atom stereocenters. The van der Waals surface area contributed by atoms with Crippen LogP contribution in [0.3, 0.4) is 0 Å². The van der Waals surface area contributed by atoms with Gasteiger partial charge in [-0.15, -0.1) is 0 Å². The maximum Gasteiger partial charge on any atom is 0.430 e. The van der Waals surface area contributed by atoms with Crippen molar-refractivity contribution in [3.63, 3.8) is 0 Å². The Morgan fingerprint density at radius 1 is 1.20 bits per heavy atom. The smallest absolute Gasteiger partial charge is 0.430 e. The number of hydrogen-bond acceptors (Lipinski definition) is 5. The highest BCUT2D eigenvalue weighted by Crippen LogP contribution is 2.42. The largest absolute Gasteiger partial charge is 0.475 e. The van der Waals surface area contributed by atoms with E-state index in [-0.39, 0.29) is 24.0 Å². The molecule has 0 radical (unpaired) electrons. The number of halogens is 4. The highest BCUT2D eigenvalue weighted by atomic mass is 35.5. The predicted molar refractivity (Wildman–Crippen MR) is 103 cm³/mol. The Morgan fingerprint density at radius 2 is 1.93 bits per heavy atom. The lowest BCUT2D eigenvalue weighted by atomic mass is 9.85. The third kappa shape index (κ3) is 3.92. The highest BCUT2D eigenvalue weighted by Gasteiger charge is 2.51. The van der Waals surface area contributed by atoms with E-state index in [1.165, 1.54) is 12.1 Å². The third-order valence-corrected chi connectivity index (χ3v) is 5.77. The fraction of sp³-hybridized carbons (Fsp3) is 0.571. The fourth-order valence-electron chi connectivity index (χ4n) is 3.94. The van der Waals surface area contributed by atoms with Crippen LogP contribution in [0.4, 0.5) is 13.2 Å². The van der Waals surface area contributed by atoms with Gasteiger partial charge in [0, 0.05) is 17.2 Å². The van der Waals surface area contributed by atoms with Crippen molar-refractivity contribution in [1.82, 2.24) is 0 Å². The van der Waals surface area contributed by atoms with Crippen LogP contribution in [0, 0.1) is 0 Å². The van der Waals surface area contributed by atoms with Gasteiger partial charge in [-0.05, 0) is 35.6 Å². The zero-order valence-electron chi connectivity index (χ0n) is 16.7. The van der Waals surface area contributed by atoms with E-state index >= 15 is 0 Å². The molecule has 2 saturated heterocycles. The minimum Gasteiger partial charge on any atom is -0.475 e. The molecule has 0 amide bonds. The van der Waals surface area contributed by atoms with Crippen molar-refractivity contribution in [2.75, 3.05) is 13.2 Å². The Morgan fingerprint density at radius 3 is 2.60 bits per heavy atom. The van der Waals surface area contributed by atoms with Crippen LogP contribution < -0.4 is 4.74 Å². The van der Waals surface area contributed by atoms with E-state index in [9.17, 15) is 18.0 Å². The first-order valence-electron chi connectivity index (χ1n) is 9.68. The van der Waals surface area contributed by atoms with E-state index in [1.807, 2.05) is 20.8 Å². The molecule has 0 spiro atoms. The standard InChI is InChI=1S/C21H22ClF3O5/c1-20(2,3)12-8-15-10(7-13(12)22)6-11(18(29-15)21(23,24)25)19(26)30-16-9-28-14-4-5-27-17(14)16/h6-8,14,16-18H,4-5,9H2,1-3H3. The lowest BCUT2D eigenvalue weighted by Crippen LogP contribution is -2.42. The molecular weight excluding hydrogens is 425 g/mol. The van der Waals surface area contributed by atoms with Crippen LogP contribution in [-0.2, 0) is 24.4 Å². The van der Waals surface area contributed by atoms with Gasteiger partial charge in [-0.2, -0.15) is 13.2 Å². The van der Waals surface area contributed by atoms with Gasteiger partial charge in [0.05, 0.1) is 18.3 Å². The van der Waals surface area contributed by atoms with Crippen LogP contribution in [0.5, 0.6) is 5.75 Å². The van der Waals surface area contributed by atoms with Gasteiger partial charge < -0.3 is 18.9 Å². The summed E-state index contributed by atoms with van der Waals surface area (Å²) < 4.78 is 62.8. The van der Waals surface area contributed by atoms with Crippen molar-refractivity contribution in [2.24, 2.45) is 0 Å². The Bertz CT molecular complexity index is 890. The number of alkyl halides is 3. The summed E-state index contributed by atoms with van der Waals surface area (Å²) in [6.45, 7) is 6.23. The topological polar surface area (TPSA) is 54.0 Å². The molecular formula is C21H22ClF3O5. The van der Waals surface area contributed by atoms with Crippen LogP contribution in [0.2, 0.25) is 5.02 Å². The van der Waals surface area contributed by atoms with E-state index < -0.39 is 41.4 Å². The maximum absolute atomic E-state index is 13.7. The van der Waals surface area contributed by atoms with Crippen LogP contribution in [-0.4, -0.2) is 49.8 Å². The van der Waals surface area contributed by atoms with Crippen LogP contribution in [0.15, 0.2) is 17.7 Å². The summed E-state index contributed by atoms with van der Waals surface area (Å²) in [6.07, 6.45) is -6.85. The second-order valence-electron chi connectivity index (χ2n) is 8.70. The summed E-state index contributed by atoms with van der Waals surface area (Å²) in [4.78, 5) is 12.7. The average molecular weight is 447 g/mol. The van der Waals surface area contributed by atoms with E-state index in [2.05, 4.69) is 0 Å². The number of rotatable bonds is 2. The summed E-state index contributed by atoms with van der Waals surface area (Å²) in [5.41, 5.74) is -0.0863. The van der Waals surface area contributed by atoms with Gasteiger partial charge in [-0.1, -0.05) is 32.4 Å². The quantitative estimate of drug-likeness (QED) is 0.628. The molecule has 1 aromatic carbocycles. The van der Waals surface area contributed by atoms with E-state index in [1.54, 1.807) is 0 Å². The van der Waals surface area contributed by atoms with Crippen LogP contribution in [0.1, 0.15) is 38.3 Å². The van der Waals surface area contributed by atoms with Gasteiger partial charge in [-0.25, -0.2) is 4.79 Å². The molecule has 30 heavy (non-hydrogen) atoms. The molecule has 0 saturated carbocycles. The zero-order valence-corrected chi connectivity index (χ0v) is 17.5. The summed E-state index contributed by atoms with van der Waals surface area (Å²) in [7, 11) is 0. The first kappa shape index (κ1) is 21.5. The molecule has 5 nitrogen and oxygen atoms in total. The minimum absolute atomic E-state index is 0.0200. The SMILES string of the molecule is CC(C)(C)c1cc2c(cc1Cl)C=C(C(=O)OC1COC3CCOC31)C(C(F)(F)F)O2. The molecule has 0 bridgehead atoms. The average Bonchev–Trinajstić information content (AvgIpc) is 3.23. The third-order valence-electron chi connectivity index (χ3n) is 5.46. The van der Waals surface area contributed by atoms with E-state index in [0.717, 1.165) is 6.08 Å². The van der Waals surface area contributed by atoms with Crippen molar-refractivity contribution < 1.29 is 36.9 Å². The van der Waals surface area contributed by atoms with Gasteiger partial charge in [-0.3, -0.25) is 0 Å². The summed E-state index contributed by atoms with van der Waals surface area (Å²) in [5, 5.41) is 0.380. The number of esters is 1. The van der Waals surface area contributed by atoms with Gasteiger partial charge in [0.25, 0.3) is 0 Å². The molecule has 4 unspecified atom stereocenters. The Kier molecular flexibility index (Phi) is 5.31. The van der Waals surface area contributed by atoms with Crippen molar-refractivity contribution in [2.45, 2.75) is 63.2 Å². The molecule has 0 aliphatic carbocycles. The van der Waals surface area contributed by atoms with Gasteiger partial charge in [0.15, 0.2) is 6.10 Å². The molecule has 1 aromatic rings. The van der Waals surface area contributed by atoms with E-state index in [0.29, 0.717) is 23.6 Å². The molecule has 9 heteroatoms. The molecule has 0 N–H and O–H groups in total. The number of ether oxygens (including phenoxy) is 4. The fourth-order valence-corrected chi connectivity index (χ4v) is 4.39. The van der Waals surface area contributed by atoms with Gasteiger partial charge in [0.1, 0.15) is 11.9 Å². The van der Waals surface area contributed by atoms with E-state index in [4.69, 9.17) is 30.5 Å². The molecule has 4 rings (SSSR count). The second kappa shape index (κ2) is 7.43. The van der Waals surface area contributed by atoms with Crippen molar-refractivity contribution in [1.29, 1.82) is 0 Å². The van der Waals surface area contributed by atoms with Gasteiger partial charge in [0.2, 0.25) is 6.10 Å². The van der Waals surface area contributed by atoms with Crippen molar-refractivity contribution in [3.8, 4) is 5.75 Å². The summed E-state index contributed by atoms with van der Waals surface area (Å²) in [5.74, 6) is -1.09. The zero-order chi connectivity index (χ0) is 21.8. The molecule has 2 fully saturated rings. The Balaban J connectivity index is 1.66. The number of carbonyl (C=O) groups excluding carboxylic acids is 1. The molecule has 0 aromatic heterocycles. The number of fused-ring (bicyclic) bond motifs is 2. The Hall–Kier alpha value is -1.77. The lowest BCUT2D eigenvalue weighted by molar-refractivity contribution is -0.189. The normalized spacial score (nSPS) is 28.4. The lowest BCUT2D eigenvalue weighted by Gasteiger charge is -2.30. The molecule has 3 heterocycles. The summed E-state index contributed by atoms with van der Waals surface area (Å²) in [6, 6.07) is 3.00. The molecule has 164 valence electrons. The monoisotopic (exact) mass is 446 g/mol. The first-order chi connectivity index (χ1) is 13.9. The van der Waals surface area contributed by atoms with Crippen LogP contribution in [0.25, 0.3) is 6.08 Å². The van der Waals surface area contributed by atoms with Crippen molar-refractivity contribution in [3.05, 3.63) is 33.9 Å². The van der Waals surface area contributed by atoms with Gasteiger partial charge >= 0.3 is 12.1 Å². The van der Waals surface area contributed by atoms with Crippen molar-refractivity contribution >= 4 is 23.6 Å². The minimum atomic E-state index is -4.80. The Labute approximate surface area is 177 Å². The number of carbonyl (C=O) groups is 1. The first-order valence-corrected chi connectivity index (χ1v) is 10.1. The maximum atomic E-state index is 13.7. The second-order valence-corrected chi connectivity index (χ2v) is 9.11. The summed E-state index contributed by atoms with van der Waals surface area (Å²) >= 11 is 6.34. The van der Waals surface area contributed by atoms with Crippen LogP contribution >= 0.6 is 11.6 Å². The highest BCUT2D eigenvalue weighted by molar-refractivity contribution is 6.31. The molecule has 3 aliphatic rings. The predicted octanol–water partition coefficient (Wildman–Crippen LogP) is 4.44. The number of hydrogen-bond donors (Lipinski definition) is 0. The number of benzene rings is 1. The molecule has 3 aliphatic heterocycles.